The van der Waals surface area contributed by atoms with Crippen molar-refractivity contribution < 1.29 is 13.2 Å². The maximum Gasteiger partial charge on any atom is 0.243 e. The van der Waals surface area contributed by atoms with Gasteiger partial charge in [0.2, 0.25) is 15.9 Å². The minimum atomic E-state index is -3.47. The van der Waals surface area contributed by atoms with Crippen LogP contribution in [0.5, 0.6) is 0 Å². The molecule has 1 saturated heterocycles. The quantitative estimate of drug-likeness (QED) is 0.794. The number of hydrogen-bond acceptors (Lipinski definition) is 4. The first-order valence-corrected chi connectivity index (χ1v) is 10.6. The van der Waals surface area contributed by atoms with Gasteiger partial charge in [0.25, 0.3) is 0 Å². The van der Waals surface area contributed by atoms with Gasteiger partial charge in [0, 0.05) is 37.7 Å². The van der Waals surface area contributed by atoms with E-state index in [1.807, 2.05) is 23.1 Å². The summed E-state index contributed by atoms with van der Waals surface area (Å²) >= 11 is 6.08. The summed E-state index contributed by atoms with van der Waals surface area (Å²) in [5.41, 5.74) is 0.867. The summed E-state index contributed by atoms with van der Waals surface area (Å²) in [5.74, 6) is -0.103. The van der Waals surface area contributed by atoms with Crippen molar-refractivity contribution in [1.29, 1.82) is 0 Å². The molecule has 0 spiro atoms. The number of piperazine rings is 1. The largest absolute Gasteiger partial charge is 0.351 e. The van der Waals surface area contributed by atoms with Gasteiger partial charge in [-0.1, -0.05) is 48.0 Å². The number of carbonyl (C=O) groups excluding carboxylic acids is 1. The van der Waals surface area contributed by atoms with Crippen molar-refractivity contribution >= 4 is 27.5 Å². The molecular formula is C19H22ClN3O3S. The average molecular weight is 408 g/mol. The predicted molar refractivity (Wildman–Crippen MR) is 105 cm³/mol. The topological polar surface area (TPSA) is 69.7 Å². The molecule has 0 aliphatic carbocycles. The lowest BCUT2D eigenvalue weighted by Gasteiger charge is -2.33. The van der Waals surface area contributed by atoms with E-state index in [4.69, 9.17) is 11.6 Å². The molecule has 1 aliphatic rings. The van der Waals surface area contributed by atoms with E-state index < -0.39 is 10.0 Å². The van der Waals surface area contributed by atoms with Gasteiger partial charge in [-0.3, -0.25) is 9.69 Å². The Balaban J connectivity index is 1.48. The van der Waals surface area contributed by atoms with Crippen molar-refractivity contribution in [3.63, 3.8) is 0 Å². The Kier molecular flexibility index (Phi) is 6.49. The number of nitrogens with zero attached hydrogens (tertiary/aromatic N) is 2. The normalized spacial score (nSPS) is 16.2. The third-order valence-electron chi connectivity index (χ3n) is 4.51. The highest BCUT2D eigenvalue weighted by Crippen LogP contribution is 2.17. The minimum absolute atomic E-state index is 0.103. The highest BCUT2D eigenvalue weighted by atomic mass is 35.5. The average Bonchev–Trinajstić information content (AvgIpc) is 2.68. The van der Waals surface area contributed by atoms with Crippen LogP contribution in [0.25, 0.3) is 0 Å². The molecule has 1 N–H and O–H groups in total. The number of sulfonamides is 1. The number of halogens is 1. The zero-order chi connectivity index (χ0) is 19.3. The monoisotopic (exact) mass is 407 g/mol. The molecule has 0 unspecified atom stereocenters. The van der Waals surface area contributed by atoms with E-state index in [1.54, 1.807) is 36.4 Å². The lowest BCUT2D eigenvalue weighted by Crippen LogP contribution is -2.50. The second kappa shape index (κ2) is 8.84. The summed E-state index contributed by atoms with van der Waals surface area (Å²) in [4.78, 5) is 14.4. The van der Waals surface area contributed by atoms with E-state index in [9.17, 15) is 13.2 Å². The van der Waals surface area contributed by atoms with E-state index in [1.165, 1.54) is 4.31 Å². The molecule has 0 aromatic heterocycles. The Hall–Kier alpha value is -1.93. The first kappa shape index (κ1) is 19.8. The maximum atomic E-state index is 12.6. The van der Waals surface area contributed by atoms with Gasteiger partial charge in [0.05, 0.1) is 11.4 Å². The van der Waals surface area contributed by atoms with Crippen LogP contribution in [0.2, 0.25) is 5.02 Å². The molecule has 0 atom stereocenters. The van der Waals surface area contributed by atoms with Crippen molar-refractivity contribution in [2.24, 2.45) is 0 Å². The predicted octanol–water partition coefficient (Wildman–Crippen LogP) is 1.96. The molecule has 2 aromatic carbocycles. The second-order valence-electron chi connectivity index (χ2n) is 6.36. The van der Waals surface area contributed by atoms with E-state index in [0.717, 1.165) is 5.56 Å². The highest BCUT2D eigenvalue weighted by molar-refractivity contribution is 7.89. The Labute approximate surface area is 164 Å². The number of amides is 1. The zero-order valence-corrected chi connectivity index (χ0v) is 16.4. The standard InChI is InChI=1S/C19H22ClN3O3S/c20-18-9-5-4-6-16(18)14-21-19(24)15-22-10-12-23(13-11-22)27(25,26)17-7-2-1-3-8-17/h1-9H,10-15H2,(H,21,24). The van der Waals surface area contributed by atoms with Gasteiger partial charge in [-0.25, -0.2) is 8.42 Å². The molecule has 0 bridgehead atoms. The molecule has 1 heterocycles. The van der Waals surface area contributed by atoms with Crippen LogP contribution in [-0.4, -0.2) is 56.3 Å². The summed E-state index contributed by atoms with van der Waals surface area (Å²) in [5, 5.41) is 3.48. The fourth-order valence-corrected chi connectivity index (χ4v) is 4.61. The molecule has 8 heteroatoms. The van der Waals surface area contributed by atoms with Crippen molar-refractivity contribution in [2.45, 2.75) is 11.4 Å². The number of rotatable bonds is 6. The van der Waals surface area contributed by atoms with Crippen LogP contribution in [0.15, 0.2) is 59.5 Å². The second-order valence-corrected chi connectivity index (χ2v) is 8.71. The minimum Gasteiger partial charge on any atom is -0.351 e. The van der Waals surface area contributed by atoms with Crippen LogP contribution in [0, 0.1) is 0 Å². The molecule has 2 aromatic rings. The van der Waals surface area contributed by atoms with Crippen LogP contribution < -0.4 is 5.32 Å². The Morgan fingerprint density at radius 2 is 1.59 bits per heavy atom. The Morgan fingerprint density at radius 3 is 2.26 bits per heavy atom. The van der Waals surface area contributed by atoms with Gasteiger partial charge >= 0.3 is 0 Å². The Bertz CT molecular complexity index is 882. The molecule has 0 saturated carbocycles. The van der Waals surface area contributed by atoms with Crippen LogP contribution >= 0.6 is 11.6 Å². The lowest BCUT2D eigenvalue weighted by atomic mass is 10.2. The summed E-state index contributed by atoms with van der Waals surface area (Å²) < 4.78 is 26.7. The number of carbonyl (C=O) groups is 1. The zero-order valence-electron chi connectivity index (χ0n) is 14.8. The molecule has 6 nitrogen and oxygen atoms in total. The highest BCUT2D eigenvalue weighted by Gasteiger charge is 2.28. The SMILES string of the molecule is O=C(CN1CCN(S(=O)(=O)c2ccccc2)CC1)NCc1ccccc1Cl. The van der Waals surface area contributed by atoms with Crippen molar-refractivity contribution in [3.05, 3.63) is 65.2 Å². The van der Waals surface area contributed by atoms with Gasteiger partial charge in [0.15, 0.2) is 0 Å². The van der Waals surface area contributed by atoms with Crippen LogP contribution in [0.3, 0.4) is 0 Å². The lowest BCUT2D eigenvalue weighted by molar-refractivity contribution is -0.122. The van der Waals surface area contributed by atoms with Crippen molar-refractivity contribution in [3.8, 4) is 0 Å². The van der Waals surface area contributed by atoms with E-state index in [0.29, 0.717) is 42.6 Å². The van der Waals surface area contributed by atoms with Crippen LogP contribution in [0.1, 0.15) is 5.56 Å². The molecule has 1 amide bonds. The van der Waals surface area contributed by atoms with E-state index in [2.05, 4.69) is 5.32 Å². The molecule has 27 heavy (non-hydrogen) atoms. The summed E-state index contributed by atoms with van der Waals surface area (Å²) in [6, 6.07) is 15.8. The smallest absolute Gasteiger partial charge is 0.243 e. The van der Waals surface area contributed by atoms with Gasteiger partial charge in [0.1, 0.15) is 0 Å². The molecule has 1 aliphatic heterocycles. The third-order valence-corrected chi connectivity index (χ3v) is 6.79. The molecule has 1 fully saturated rings. The third kappa shape index (κ3) is 5.07. The van der Waals surface area contributed by atoms with Crippen LogP contribution in [0.4, 0.5) is 0 Å². The number of hydrogen-bond donors (Lipinski definition) is 1. The maximum absolute atomic E-state index is 12.6. The summed E-state index contributed by atoms with van der Waals surface area (Å²) in [6.45, 7) is 2.39. The molecule has 144 valence electrons. The fourth-order valence-electron chi connectivity index (χ4n) is 2.96. The first-order valence-electron chi connectivity index (χ1n) is 8.74. The Morgan fingerprint density at radius 1 is 0.963 bits per heavy atom. The van der Waals surface area contributed by atoms with Gasteiger partial charge in [-0.2, -0.15) is 4.31 Å². The molecule has 0 radical (unpaired) electrons. The number of benzene rings is 2. The number of nitrogens with one attached hydrogen (secondary N) is 1. The fraction of sp³-hybridized carbons (Fsp3) is 0.316. The summed E-state index contributed by atoms with van der Waals surface area (Å²) in [7, 11) is -3.47. The van der Waals surface area contributed by atoms with Gasteiger partial charge in [-0.15, -0.1) is 0 Å². The van der Waals surface area contributed by atoms with E-state index >= 15 is 0 Å². The summed E-state index contributed by atoms with van der Waals surface area (Å²) in [6.07, 6.45) is 0. The van der Waals surface area contributed by atoms with Crippen molar-refractivity contribution in [2.75, 3.05) is 32.7 Å². The van der Waals surface area contributed by atoms with Crippen molar-refractivity contribution in [1.82, 2.24) is 14.5 Å². The van der Waals surface area contributed by atoms with E-state index in [-0.39, 0.29) is 12.5 Å². The molecular weight excluding hydrogens is 386 g/mol. The molecule has 3 rings (SSSR count). The van der Waals surface area contributed by atoms with Crippen LogP contribution in [-0.2, 0) is 21.4 Å². The van der Waals surface area contributed by atoms with Gasteiger partial charge in [-0.05, 0) is 23.8 Å². The van der Waals surface area contributed by atoms with Gasteiger partial charge < -0.3 is 5.32 Å². The first-order chi connectivity index (χ1) is 13.0.